The number of carbonyl (C=O) groups is 1. The van der Waals surface area contributed by atoms with E-state index >= 15 is 0 Å². The third-order valence-corrected chi connectivity index (χ3v) is 3.73. The largest absolute Gasteiger partial charge is 0.306 e. The molecule has 0 unspecified atom stereocenters. The molecule has 7 nitrogen and oxygen atoms in total. The van der Waals surface area contributed by atoms with Gasteiger partial charge < -0.3 is 5.32 Å². The molecule has 0 saturated carbocycles. The third kappa shape index (κ3) is 3.31. The maximum atomic E-state index is 12.3. The van der Waals surface area contributed by atoms with E-state index < -0.39 is 0 Å². The zero-order valence-corrected chi connectivity index (χ0v) is 13.9. The van der Waals surface area contributed by atoms with Crippen LogP contribution in [0.3, 0.4) is 0 Å². The number of rotatable bonds is 4. The summed E-state index contributed by atoms with van der Waals surface area (Å²) in [7, 11) is 0. The van der Waals surface area contributed by atoms with Crippen LogP contribution < -0.4 is 10.9 Å². The van der Waals surface area contributed by atoms with Gasteiger partial charge >= 0.3 is 0 Å². The number of anilines is 1. The predicted octanol–water partition coefficient (Wildman–Crippen LogP) is 2.38. The first-order valence-electron chi connectivity index (χ1n) is 7.12. The molecular formula is C15H14BrN5O2. The number of H-pyrrole nitrogens is 1. The topological polar surface area (TPSA) is 92.1 Å². The zero-order valence-electron chi connectivity index (χ0n) is 12.3. The van der Waals surface area contributed by atoms with Crippen LogP contribution in [0.4, 0.5) is 5.82 Å². The SMILES string of the molecule is CCCc1nc2[nH]c(=O)cc(NC(=O)c3ccc(Br)cc3)n2n1. The molecule has 0 saturated heterocycles. The van der Waals surface area contributed by atoms with Crippen molar-refractivity contribution in [3.8, 4) is 0 Å². The second-order valence-corrected chi connectivity index (χ2v) is 5.91. The first kappa shape index (κ1) is 15.4. The lowest BCUT2D eigenvalue weighted by Crippen LogP contribution is -2.18. The van der Waals surface area contributed by atoms with Gasteiger partial charge in [0, 0.05) is 22.5 Å². The van der Waals surface area contributed by atoms with E-state index in [0.717, 1.165) is 10.9 Å². The van der Waals surface area contributed by atoms with Crippen LogP contribution in [0.2, 0.25) is 0 Å². The van der Waals surface area contributed by atoms with E-state index in [2.05, 4.69) is 36.3 Å². The van der Waals surface area contributed by atoms with Gasteiger partial charge in [0.2, 0.25) is 5.78 Å². The Morgan fingerprint density at radius 2 is 2.09 bits per heavy atom. The van der Waals surface area contributed by atoms with Crippen molar-refractivity contribution in [3.05, 3.63) is 56.5 Å². The van der Waals surface area contributed by atoms with E-state index in [1.807, 2.05) is 6.92 Å². The van der Waals surface area contributed by atoms with Crippen molar-refractivity contribution in [2.45, 2.75) is 19.8 Å². The Bertz CT molecular complexity index is 914. The van der Waals surface area contributed by atoms with Crippen molar-refractivity contribution in [2.24, 2.45) is 0 Å². The molecule has 2 heterocycles. The highest BCUT2D eigenvalue weighted by molar-refractivity contribution is 9.10. The molecule has 2 N–H and O–H groups in total. The van der Waals surface area contributed by atoms with Crippen LogP contribution in [0.1, 0.15) is 29.5 Å². The first-order chi connectivity index (χ1) is 11.1. The van der Waals surface area contributed by atoms with Crippen molar-refractivity contribution in [2.75, 3.05) is 5.32 Å². The van der Waals surface area contributed by atoms with Gasteiger partial charge in [-0.3, -0.25) is 14.6 Å². The monoisotopic (exact) mass is 375 g/mol. The minimum Gasteiger partial charge on any atom is -0.306 e. The zero-order chi connectivity index (χ0) is 16.4. The van der Waals surface area contributed by atoms with Gasteiger partial charge in [0.25, 0.3) is 11.5 Å². The number of nitrogens with one attached hydrogen (secondary N) is 2. The average Bonchev–Trinajstić information content (AvgIpc) is 2.90. The molecule has 3 aromatic rings. The number of hydrogen-bond donors (Lipinski definition) is 2. The molecule has 0 atom stereocenters. The first-order valence-corrected chi connectivity index (χ1v) is 7.92. The number of nitrogens with zero attached hydrogens (tertiary/aromatic N) is 3. The Labute approximate surface area is 139 Å². The summed E-state index contributed by atoms with van der Waals surface area (Å²) in [5, 5.41) is 7.02. The lowest BCUT2D eigenvalue weighted by Gasteiger charge is -2.06. The Morgan fingerprint density at radius 3 is 2.78 bits per heavy atom. The van der Waals surface area contributed by atoms with Gasteiger partial charge in [-0.2, -0.15) is 9.50 Å². The lowest BCUT2D eigenvalue weighted by atomic mass is 10.2. The second kappa shape index (κ2) is 6.33. The molecule has 0 aliphatic carbocycles. The van der Waals surface area contributed by atoms with Crippen LogP contribution in [-0.2, 0) is 6.42 Å². The summed E-state index contributed by atoms with van der Waals surface area (Å²) < 4.78 is 2.32. The van der Waals surface area contributed by atoms with Crippen LogP contribution in [0, 0.1) is 0 Å². The molecule has 23 heavy (non-hydrogen) atoms. The fourth-order valence-corrected chi connectivity index (χ4v) is 2.41. The standard InChI is InChI=1S/C15H14BrN5O2/c1-2-3-11-17-15-19-13(22)8-12(21(15)20-11)18-14(23)9-4-6-10(16)7-5-9/h4-8H,2-3H2,1H3,(H,18,23)(H,17,19,20,22). The Balaban J connectivity index is 1.96. The van der Waals surface area contributed by atoms with Crippen LogP contribution in [-0.4, -0.2) is 25.5 Å². The van der Waals surface area contributed by atoms with Crippen LogP contribution in [0.5, 0.6) is 0 Å². The van der Waals surface area contributed by atoms with Crippen LogP contribution in [0.25, 0.3) is 5.78 Å². The number of fused-ring (bicyclic) bond motifs is 1. The van der Waals surface area contributed by atoms with E-state index in [1.165, 1.54) is 10.6 Å². The van der Waals surface area contributed by atoms with Crippen molar-refractivity contribution in [1.29, 1.82) is 0 Å². The number of amides is 1. The highest BCUT2D eigenvalue weighted by Gasteiger charge is 2.12. The molecule has 0 aliphatic rings. The van der Waals surface area contributed by atoms with Gasteiger partial charge in [-0.1, -0.05) is 22.9 Å². The summed E-state index contributed by atoms with van der Waals surface area (Å²) in [6.45, 7) is 2.02. The number of hydrogen-bond acceptors (Lipinski definition) is 4. The number of benzene rings is 1. The Kier molecular flexibility index (Phi) is 4.24. The summed E-state index contributed by atoms with van der Waals surface area (Å²) in [6.07, 6.45) is 1.59. The Hall–Kier alpha value is -2.48. The summed E-state index contributed by atoms with van der Waals surface area (Å²) in [5.41, 5.74) is 0.134. The number of aromatic nitrogens is 4. The number of carbonyl (C=O) groups excluding carboxylic acids is 1. The molecule has 0 spiro atoms. The van der Waals surface area contributed by atoms with E-state index in [1.54, 1.807) is 24.3 Å². The van der Waals surface area contributed by atoms with Crippen LogP contribution in [0.15, 0.2) is 39.6 Å². The van der Waals surface area contributed by atoms with E-state index in [-0.39, 0.29) is 17.3 Å². The summed E-state index contributed by atoms with van der Waals surface area (Å²) in [5.74, 6) is 0.893. The average molecular weight is 376 g/mol. The van der Waals surface area contributed by atoms with E-state index in [9.17, 15) is 9.59 Å². The van der Waals surface area contributed by atoms with E-state index in [4.69, 9.17) is 0 Å². The summed E-state index contributed by atoms with van der Waals surface area (Å²) >= 11 is 3.32. The van der Waals surface area contributed by atoms with Gasteiger partial charge in [-0.05, 0) is 30.7 Å². The molecule has 118 valence electrons. The van der Waals surface area contributed by atoms with Crippen molar-refractivity contribution in [1.82, 2.24) is 19.6 Å². The molecule has 0 aliphatic heterocycles. The minimum absolute atomic E-state index is 0.284. The summed E-state index contributed by atoms with van der Waals surface area (Å²) in [4.78, 5) is 30.9. The van der Waals surface area contributed by atoms with Crippen molar-refractivity contribution in [3.63, 3.8) is 0 Å². The molecule has 0 bridgehead atoms. The summed E-state index contributed by atoms with van der Waals surface area (Å²) in [6, 6.07) is 8.21. The molecular weight excluding hydrogens is 362 g/mol. The van der Waals surface area contributed by atoms with Gasteiger partial charge in [-0.25, -0.2) is 0 Å². The molecule has 1 amide bonds. The number of halogens is 1. The van der Waals surface area contributed by atoms with Gasteiger partial charge in [-0.15, -0.1) is 5.10 Å². The molecule has 0 radical (unpaired) electrons. The minimum atomic E-state index is -0.348. The van der Waals surface area contributed by atoms with Crippen LogP contribution >= 0.6 is 15.9 Å². The van der Waals surface area contributed by atoms with Gasteiger partial charge in [0.05, 0.1) is 0 Å². The fraction of sp³-hybridized carbons (Fsp3) is 0.200. The van der Waals surface area contributed by atoms with E-state index in [0.29, 0.717) is 23.6 Å². The third-order valence-electron chi connectivity index (χ3n) is 3.20. The molecule has 1 aromatic carbocycles. The number of aryl methyl sites for hydroxylation is 1. The number of aromatic amines is 1. The highest BCUT2D eigenvalue weighted by Crippen LogP contribution is 2.13. The molecule has 3 rings (SSSR count). The van der Waals surface area contributed by atoms with Crippen molar-refractivity contribution >= 4 is 33.4 Å². The second-order valence-electron chi connectivity index (χ2n) is 4.99. The van der Waals surface area contributed by atoms with Gasteiger partial charge in [0.1, 0.15) is 5.82 Å². The maximum absolute atomic E-state index is 12.3. The smallest absolute Gasteiger partial charge is 0.256 e. The predicted molar refractivity (Wildman–Crippen MR) is 89.7 cm³/mol. The van der Waals surface area contributed by atoms with Crippen molar-refractivity contribution < 1.29 is 4.79 Å². The Morgan fingerprint density at radius 1 is 1.35 bits per heavy atom. The quantitative estimate of drug-likeness (QED) is 0.731. The normalized spacial score (nSPS) is 10.9. The maximum Gasteiger partial charge on any atom is 0.256 e. The molecule has 0 fully saturated rings. The molecule has 8 heteroatoms. The molecule has 2 aromatic heterocycles. The lowest BCUT2D eigenvalue weighted by molar-refractivity contribution is 0.102. The highest BCUT2D eigenvalue weighted by atomic mass is 79.9. The van der Waals surface area contributed by atoms with Gasteiger partial charge in [0.15, 0.2) is 5.82 Å². The fourth-order valence-electron chi connectivity index (χ4n) is 2.14.